The monoisotopic (exact) mass is 342 g/mol. The molecule has 10 heteroatoms. The first-order valence-electron chi connectivity index (χ1n) is 6.95. The number of aromatic nitrogens is 6. The second-order valence-corrected chi connectivity index (χ2v) is 4.91. The van der Waals surface area contributed by atoms with Gasteiger partial charge in [0.2, 0.25) is 5.69 Å². The normalized spacial score (nSPS) is 10.2. The highest BCUT2D eigenvalue weighted by Gasteiger charge is 2.17. The number of benzene rings is 1. The van der Waals surface area contributed by atoms with Crippen molar-refractivity contribution in [2.75, 3.05) is 0 Å². The molecule has 0 aliphatic rings. The summed E-state index contributed by atoms with van der Waals surface area (Å²) in [4.78, 5) is 12.3. The van der Waals surface area contributed by atoms with Crippen LogP contribution in [0, 0.1) is 24.6 Å². The summed E-state index contributed by atoms with van der Waals surface area (Å²) in [6, 6.07) is 3.93. The third-order valence-electron chi connectivity index (χ3n) is 3.08. The maximum Gasteiger partial charge on any atom is 0.359 e. The average Bonchev–Trinajstić information content (AvgIpc) is 3.13. The molecule has 0 unspecified atom stereocenters. The van der Waals surface area contributed by atoms with Crippen LogP contribution in [0.1, 0.15) is 27.4 Å². The number of rotatable bonds is 3. The van der Waals surface area contributed by atoms with E-state index in [0.717, 1.165) is 6.07 Å². The molecule has 126 valence electrons. The molecule has 0 bridgehead atoms. The van der Waals surface area contributed by atoms with Crippen LogP contribution in [0.15, 0.2) is 18.2 Å². The van der Waals surface area contributed by atoms with E-state index in [9.17, 15) is 9.18 Å². The lowest BCUT2D eigenvalue weighted by Crippen LogP contribution is -2.00. The van der Waals surface area contributed by atoms with Crippen LogP contribution < -0.4 is 4.74 Å². The molecule has 9 nitrogen and oxygen atoms in total. The molecule has 0 atom stereocenters. The molecule has 25 heavy (non-hydrogen) atoms. The Morgan fingerprint density at radius 1 is 1.36 bits per heavy atom. The first-order chi connectivity index (χ1) is 11.9. The van der Waals surface area contributed by atoms with Gasteiger partial charge < -0.3 is 9.84 Å². The zero-order chi connectivity index (χ0) is 18.0. The number of carboxylic acid groups (broad SMARTS) is 1. The largest absolute Gasteiger partial charge is 0.476 e. The number of aromatic amines is 1. The number of H-pyrrole nitrogens is 1. The van der Waals surface area contributed by atoms with Crippen LogP contribution in [0.2, 0.25) is 0 Å². The topological polar surface area (TPSA) is 119 Å². The lowest BCUT2D eigenvalue weighted by atomic mass is 10.2. The molecule has 0 radical (unpaired) electrons. The van der Waals surface area contributed by atoms with Crippen LogP contribution >= 0.6 is 0 Å². The summed E-state index contributed by atoms with van der Waals surface area (Å²) in [7, 11) is 1.67. The quantitative estimate of drug-likeness (QED) is 0.688. The fourth-order valence-corrected chi connectivity index (χ4v) is 1.95. The molecule has 0 saturated carbocycles. The van der Waals surface area contributed by atoms with E-state index in [0.29, 0.717) is 11.4 Å². The minimum Gasteiger partial charge on any atom is -0.476 e. The highest BCUT2D eigenvalue weighted by molar-refractivity contribution is 5.87. The van der Waals surface area contributed by atoms with E-state index in [2.05, 4.69) is 37.4 Å². The van der Waals surface area contributed by atoms with Gasteiger partial charge in [-0.15, -0.1) is 5.10 Å². The SMILES string of the molecule is Cc1nn(C)nc1C#Cc1ccc(Oc2nn[nH]c2C(=O)O)cc1F. The Hall–Kier alpha value is -3.74. The molecule has 3 rings (SSSR count). The molecule has 0 amide bonds. The Kier molecular flexibility index (Phi) is 4.13. The number of aromatic carboxylic acids is 1. The van der Waals surface area contributed by atoms with E-state index >= 15 is 0 Å². The first kappa shape index (κ1) is 16.1. The van der Waals surface area contributed by atoms with Crippen LogP contribution in [0.4, 0.5) is 4.39 Å². The standard InChI is InChI=1S/C15H11FN6O3/c1-8-12(20-22(2)19-8)6-4-9-3-5-10(7-11(9)16)25-14-13(15(23)24)17-21-18-14/h3,5,7H,1-2H3,(H,23,24)(H,17,18,21). The number of nitrogens with one attached hydrogen (secondary N) is 1. The van der Waals surface area contributed by atoms with Crippen molar-refractivity contribution in [1.82, 2.24) is 30.4 Å². The molecule has 2 heterocycles. The van der Waals surface area contributed by atoms with Gasteiger partial charge in [-0.25, -0.2) is 14.3 Å². The van der Waals surface area contributed by atoms with Crippen molar-refractivity contribution in [1.29, 1.82) is 0 Å². The van der Waals surface area contributed by atoms with Crippen LogP contribution in [0.5, 0.6) is 11.6 Å². The van der Waals surface area contributed by atoms with Gasteiger partial charge >= 0.3 is 5.97 Å². The van der Waals surface area contributed by atoms with Gasteiger partial charge in [-0.1, -0.05) is 16.2 Å². The summed E-state index contributed by atoms with van der Waals surface area (Å²) >= 11 is 0. The van der Waals surface area contributed by atoms with Gasteiger partial charge in [0.15, 0.2) is 5.69 Å². The Balaban J connectivity index is 1.83. The van der Waals surface area contributed by atoms with Crippen molar-refractivity contribution >= 4 is 5.97 Å². The maximum absolute atomic E-state index is 14.2. The van der Waals surface area contributed by atoms with Gasteiger partial charge in [-0.3, -0.25) is 0 Å². The lowest BCUT2D eigenvalue weighted by Gasteiger charge is -2.03. The Morgan fingerprint density at radius 3 is 2.80 bits per heavy atom. The second-order valence-electron chi connectivity index (χ2n) is 4.91. The minimum atomic E-state index is -1.29. The third-order valence-corrected chi connectivity index (χ3v) is 3.08. The van der Waals surface area contributed by atoms with Crippen LogP contribution in [-0.4, -0.2) is 41.5 Å². The van der Waals surface area contributed by atoms with Gasteiger partial charge in [0.25, 0.3) is 5.88 Å². The number of hydrogen-bond donors (Lipinski definition) is 2. The summed E-state index contributed by atoms with van der Waals surface area (Å²) in [6.45, 7) is 1.75. The number of ether oxygens (including phenoxy) is 1. The molecule has 0 fully saturated rings. The molecule has 1 aromatic carbocycles. The molecule has 2 aromatic heterocycles. The summed E-state index contributed by atoms with van der Waals surface area (Å²) in [6.07, 6.45) is 0. The van der Waals surface area contributed by atoms with E-state index in [1.165, 1.54) is 16.9 Å². The maximum atomic E-state index is 14.2. The van der Waals surface area contributed by atoms with E-state index in [1.807, 2.05) is 0 Å². The summed E-state index contributed by atoms with van der Waals surface area (Å²) in [5, 5.41) is 26.1. The van der Waals surface area contributed by atoms with Gasteiger partial charge in [-0.2, -0.15) is 9.90 Å². The first-order valence-corrected chi connectivity index (χ1v) is 6.95. The smallest absolute Gasteiger partial charge is 0.359 e. The molecule has 0 aliphatic carbocycles. The highest BCUT2D eigenvalue weighted by Crippen LogP contribution is 2.23. The van der Waals surface area contributed by atoms with Crippen molar-refractivity contribution < 1.29 is 19.0 Å². The van der Waals surface area contributed by atoms with E-state index < -0.39 is 11.8 Å². The summed E-state index contributed by atoms with van der Waals surface area (Å²) in [5.41, 5.74) is 0.900. The van der Waals surface area contributed by atoms with E-state index in [-0.39, 0.29) is 22.9 Å². The number of carboxylic acids is 1. The predicted molar refractivity (Wildman–Crippen MR) is 81.5 cm³/mol. The van der Waals surface area contributed by atoms with Crippen molar-refractivity contribution in [3.05, 3.63) is 46.7 Å². The van der Waals surface area contributed by atoms with Crippen LogP contribution in [0.25, 0.3) is 0 Å². The average molecular weight is 342 g/mol. The molecular weight excluding hydrogens is 331 g/mol. The Morgan fingerprint density at radius 2 is 2.16 bits per heavy atom. The number of hydrogen-bond acceptors (Lipinski definition) is 6. The molecule has 3 aromatic rings. The minimum absolute atomic E-state index is 0.0649. The molecule has 2 N–H and O–H groups in total. The number of nitrogens with zero attached hydrogens (tertiary/aromatic N) is 5. The Labute approximate surface area is 140 Å². The van der Waals surface area contributed by atoms with Gasteiger partial charge in [0, 0.05) is 13.1 Å². The molecular formula is C15H11FN6O3. The number of halogens is 1. The third kappa shape index (κ3) is 3.45. The van der Waals surface area contributed by atoms with Crippen molar-refractivity contribution in [2.24, 2.45) is 7.05 Å². The van der Waals surface area contributed by atoms with Gasteiger partial charge in [0.05, 0.1) is 11.3 Å². The zero-order valence-corrected chi connectivity index (χ0v) is 13.1. The predicted octanol–water partition coefficient (Wildman–Crippen LogP) is 1.27. The van der Waals surface area contributed by atoms with Gasteiger partial charge in [0.1, 0.15) is 11.6 Å². The van der Waals surface area contributed by atoms with Crippen LogP contribution in [-0.2, 0) is 7.05 Å². The summed E-state index contributed by atoms with van der Waals surface area (Å²) < 4.78 is 19.4. The van der Waals surface area contributed by atoms with E-state index in [4.69, 9.17) is 9.84 Å². The van der Waals surface area contributed by atoms with Gasteiger partial charge in [-0.05, 0) is 25.0 Å². The molecule has 0 saturated heterocycles. The van der Waals surface area contributed by atoms with E-state index in [1.54, 1.807) is 14.0 Å². The fourth-order valence-electron chi connectivity index (χ4n) is 1.95. The summed E-state index contributed by atoms with van der Waals surface area (Å²) in [5.74, 6) is 3.30. The number of carbonyl (C=O) groups is 1. The number of aryl methyl sites for hydroxylation is 2. The molecule has 0 spiro atoms. The van der Waals surface area contributed by atoms with Crippen LogP contribution in [0.3, 0.4) is 0 Å². The Bertz CT molecular complexity index is 1010. The van der Waals surface area contributed by atoms with Crippen molar-refractivity contribution in [2.45, 2.75) is 6.92 Å². The highest BCUT2D eigenvalue weighted by atomic mass is 19.1. The lowest BCUT2D eigenvalue weighted by molar-refractivity contribution is 0.0687. The molecule has 0 aliphatic heterocycles. The fraction of sp³-hybridized carbons (Fsp3) is 0.133. The zero-order valence-electron chi connectivity index (χ0n) is 13.1. The van der Waals surface area contributed by atoms with Crippen molar-refractivity contribution in [3.63, 3.8) is 0 Å². The van der Waals surface area contributed by atoms with Crippen molar-refractivity contribution in [3.8, 4) is 23.5 Å². The second kappa shape index (κ2) is 6.40.